The normalized spacial score (nSPS) is 16.8. The summed E-state index contributed by atoms with van der Waals surface area (Å²) in [5, 5.41) is 4.08. The summed E-state index contributed by atoms with van der Waals surface area (Å²) in [6, 6.07) is 7.58. The highest BCUT2D eigenvalue weighted by molar-refractivity contribution is 5.62. The van der Waals surface area contributed by atoms with Crippen LogP contribution in [0.4, 0.5) is 0 Å². The molecule has 5 heteroatoms. The molecule has 3 rings (SSSR count). The van der Waals surface area contributed by atoms with E-state index >= 15 is 0 Å². The molecule has 0 aliphatic heterocycles. The molecule has 2 aromatic rings. The molecule has 0 bridgehead atoms. The van der Waals surface area contributed by atoms with Crippen LogP contribution < -0.4 is 10.5 Å². The molecule has 21 heavy (non-hydrogen) atoms. The van der Waals surface area contributed by atoms with Crippen molar-refractivity contribution >= 4 is 0 Å². The molecule has 0 amide bonds. The largest absolute Gasteiger partial charge is 0.489 e. The van der Waals surface area contributed by atoms with Crippen molar-refractivity contribution in [1.82, 2.24) is 10.1 Å². The smallest absolute Gasteiger partial charge is 0.261 e. The highest BCUT2D eigenvalue weighted by atomic mass is 16.5. The predicted molar refractivity (Wildman–Crippen MR) is 79.8 cm³/mol. The van der Waals surface area contributed by atoms with Crippen molar-refractivity contribution in [2.45, 2.75) is 31.2 Å². The Kier molecular flexibility index (Phi) is 3.75. The second-order valence-corrected chi connectivity index (χ2v) is 5.38. The lowest BCUT2D eigenvalue weighted by Crippen LogP contribution is -2.34. The zero-order valence-corrected chi connectivity index (χ0v) is 11.9. The number of hydrogen-bond acceptors (Lipinski definition) is 5. The quantitative estimate of drug-likeness (QED) is 0.855. The lowest BCUT2D eigenvalue weighted by Gasteiger charge is -2.17. The van der Waals surface area contributed by atoms with Gasteiger partial charge in [-0.2, -0.15) is 4.98 Å². The standard InChI is InChI=1S/C16H19N3O2/c1-2-11-20-13-8-4-3-7-12(13)14-18-15(19-21-14)16(17)9-5-6-10-16/h2-4,7-8H,1,5-6,9-11,17H2. The number of rotatable bonds is 5. The summed E-state index contributed by atoms with van der Waals surface area (Å²) in [7, 11) is 0. The van der Waals surface area contributed by atoms with Crippen molar-refractivity contribution in [3.63, 3.8) is 0 Å². The van der Waals surface area contributed by atoms with Crippen molar-refractivity contribution in [2.75, 3.05) is 6.61 Å². The predicted octanol–water partition coefficient (Wildman–Crippen LogP) is 3.03. The topological polar surface area (TPSA) is 74.2 Å². The molecule has 5 nitrogen and oxygen atoms in total. The van der Waals surface area contributed by atoms with Gasteiger partial charge in [-0.3, -0.25) is 0 Å². The highest BCUT2D eigenvalue weighted by Crippen LogP contribution is 2.36. The molecule has 1 aromatic heterocycles. The van der Waals surface area contributed by atoms with E-state index in [4.69, 9.17) is 15.0 Å². The number of ether oxygens (including phenoxy) is 1. The fourth-order valence-electron chi connectivity index (χ4n) is 2.68. The summed E-state index contributed by atoms with van der Waals surface area (Å²) in [4.78, 5) is 4.49. The van der Waals surface area contributed by atoms with Crippen LogP contribution in [-0.4, -0.2) is 16.7 Å². The molecule has 1 aliphatic rings. The summed E-state index contributed by atoms with van der Waals surface area (Å²) in [5.74, 6) is 1.74. The van der Waals surface area contributed by atoms with Gasteiger partial charge >= 0.3 is 0 Å². The van der Waals surface area contributed by atoms with Crippen LogP contribution in [0.2, 0.25) is 0 Å². The lowest BCUT2D eigenvalue weighted by molar-refractivity contribution is 0.357. The van der Waals surface area contributed by atoms with Crippen molar-refractivity contribution in [1.29, 1.82) is 0 Å². The molecule has 1 saturated carbocycles. The monoisotopic (exact) mass is 285 g/mol. The van der Waals surface area contributed by atoms with Crippen LogP contribution in [-0.2, 0) is 5.54 Å². The van der Waals surface area contributed by atoms with E-state index in [1.807, 2.05) is 24.3 Å². The number of nitrogens with zero attached hydrogens (tertiary/aromatic N) is 2. The third-order valence-corrected chi connectivity index (χ3v) is 3.84. The SMILES string of the molecule is C=CCOc1ccccc1-c1nc(C2(N)CCCC2)no1. The molecule has 1 aromatic carbocycles. The molecule has 0 saturated heterocycles. The van der Waals surface area contributed by atoms with E-state index in [1.54, 1.807) is 6.08 Å². The minimum Gasteiger partial charge on any atom is -0.489 e. The van der Waals surface area contributed by atoms with Gasteiger partial charge < -0.3 is 15.0 Å². The summed E-state index contributed by atoms with van der Waals surface area (Å²) in [5.41, 5.74) is 6.69. The molecule has 1 fully saturated rings. The Hall–Kier alpha value is -2.14. The van der Waals surface area contributed by atoms with Gasteiger partial charge in [-0.1, -0.05) is 42.8 Å². The second kappa shape index (κ2) is 5.69. The van der Waals surface area contributed by atoms with E-state index < -0.39 is 5.54 Å². The van der Waals surface area contributed by atoms with E-state index in [0.717, 1.165) is 31.2 Å². The van der Waals surface area contributed by atoms with Crippen molar-refractivity contribution in [2.24, 2.45) is 5.73 Å². The van der Waals surface area contributed by atoms with Crippen LogP contribution in [0.25, 0.3) is 11.5 Å². The Labute approximate surface area is 123 Å². The highest BCUT2D eigenvalue weighted by Gasteiger charge is 2.36. The fraction of sp³-hybridized carbons (Fsp3) is 0.375. The molecule has 0 atom stereocenters. The number of benzene rings is 1. The zero-order chi connectivity index (χ0) is 14.7. The van der Waals surface area contributed by atoms with Gasteiger partial charge in [-0.05, 0) is 25.0 Å². The number of para-hydroxylation sites is 1. The fourth-order valence-corrected chi connectivity index (χ4v) is 2.68. The minimum atomic E-state index is -0.446. The number of hydrogen-bond donors (Lipinski definition) is 1. The van der Waals surface area contributed by atoms with Gasteiger partial charge in [0.2, 0.25) is 0 Å². The van der Waals surface area contributed by atoms with Gasteiger partial charge in [0.15, 0.2) is 5.82 Å². The van der Waals surface area contributed by atoms with Crippen LogP contribution in [0.5, 0.6) is 5.75 Å². The average Bonchev–Trinajstić information content (AvgIpc) is 3.15. The minimum absolute atomic E-state index is 0.429. The molecule has 0 spiro atoms. The molecule has 2 N–H and O–H groups in total. The summed E-state index contributed by atoms with van der Waals surface area (Å²) in [6.07, 6.45) is 5.73. The lowest BCUT2D eigenvalue weighted by atomic mass is 9.99. The first-order chi connectivity index (χ1) is 10.2. The van der Waals surface area contributed by atoms with Gasteiger partial charge in [0.05, 0.1) is 11.1 Å². The van der Waals surface area contributed by atoms with Gasteiger partial charge in [-0.15, -0.1) is 0 Å². The van der Waals surface area contributed by atoms with Crippen LogP contribution in [0.3, 0.4) is 0 Å². The first-order valence-electron chi connectivity index (χ1n) is 7.19. The Morgan fingerprint density at radius 2 is 2.10 bits per heavy atom. The van der Waals surface area contributed by atoms with Gasteiger partial charge in [-0.25, -0.2) is 0 Å². The first-order valence-corrected chi connectivity index (χ1v) is 7.19. The molecule has 110 valence electrons. The van der Waals surface area contributed by atoms with Crippen LogP contribution in [0, 0.1) is 0 Å². The third-order valence-electron chi connectivity index (χ3n) is 3.84. The Morgan fingerprint density at radius 3 is 2.86 bits per heavy atom. The summed E-state index contributed by atoms with van der Waals surface area (Å²) in [6.45, 7) is 4.08. The number of nitrogens with two attached hydrogens (primary N) is 1. The Balaban J connectivity index is 1.91. The molecule has 0 radical (unpaired) electrons. The average molecular weight is 285 g/mol. The van der Waals surface area contributed by atoms with Crippen LogP contribution in [0.15, 0.2) is 41.4 Å². The Bertz CT molecular complexity index is 630. The van der Waals surface area contributed by atoms with E-state index in [-0.39, 0.29) is 0 Å². The van der Waals surface area contributed by atoms with Crippen LogP contribution >= 0.6 is 0 Å². The molecule has 0 unspecified atom stereocenters. The van der Waals surface area contributed by atoms with Gasteiger partial charge in [0.25, 0.3) is 5.89 Å². The molecular formula is C16H19N3O2. The second-order valence-electron chi connectivity index (χ2n) is 5.38. The third kappa shape index (κ3) is 2.69. The van der Waals surface area contributed by atoms with E-state index in [1.165, 1.54) is 0 Å². The van der Waals surface area contributed by atoms with E-state index in [2.05, 4.69) is 16.7 Å². The first kappa shape index (κ1) is 13.8. The maximum Gasteiger partial charge on any atom is 0.261 e. The number of aromatic nitrogens is 2. The maximum atomic E-state index is 6.36. The molecule has 1 aliphatic carbocycles. The molecule has 1 heterocycles. The summed E-state index contributed by atoms with van der Waals surface area (Å²) < 4.78 is 11.0. The van der Waals surface area contributed by atoms with Crippen LogP contribution in [0.1, 0.15) is 31.5 Å². The van der Waals surface area contributed by atoms with Crippen molar-refractivity contribution < 1.29 is 9.26 Å². The molecular weight excluding hydrogens is 266 g/mol. The van der Waals surface area contributed by atoms with Gasteiger partial charge in [0, 0.05) is 0 Å². The maximum absolute atomic E-state index is 6.36. The van der Waals surface area contributed by atoms with Crippen molar-refractivity contribution in [3.8, 4) is 17.2 Å². The van der Waals surface area contributed by atoms with E-state index in [9.17, 15) is 0 Å². The van der Waals surface area contributed by atoms with Gasteiger partial charge in [0.1, 0.15) is 12.4 Å². The van der Waals surface area contributed by atoms with Crippen molar-refractivity contribution in [3.05, 3.63) is 42.7 Å². The summed E-state index contributed by atoms with van der Waals surface area (Å²) >= 11 is 0. The van der Waals surface area contributed by atoms with E-state index in [0.29, 0.717) is 24.1 Å². The Morgan fingerprint density at radius 1 is 1.33 bits per heavy atom. The zero-order valence-electron chi connectivity index (χ0n) is 11.9.